The van der Waals surface area contributed by atoms with E-state index < -0.39 is 0 Å². The van der Waals surface area contributed by atoms with Gasteiger partial charge in [-0.2, -0.15) is 11.8 Å². The summed E-state index contributed by atoms with van der Waals surface area (Å²) in [4.78, 5) is 4.24. The fourth-order valence-electron chi connectivity index (χ4n) is 1.88. The van der Waals surface area contributed by atoms with Crippen LogP contribution in [-0.4, -0.2) is 31.1 Å². The summed E-state index contributed by atoms with van der Waals surface area (Å²) in [5.41, 5.74) is 2.72. The van der Waals surface area contributed by atoms with Crippen molar-refractivity contribution < 1.29 is 0 Å². The first-order valence-electron chi connectivity index (χ1n) is 7.01. The number of nitrogens with zero attached hydrogens (tertiary/aromatic N) is 1. The second kappa shape index (κ2) is 10.4. The Morgan fingerprint density at radius 1 is 1.30 bits per heavy atom. The summed E-state index contributed by atoms with van der Waals surface area (Å²) in [5.74, 6) is 2.91. The van der Waals surface area contributed by atoms with E-state index in [1.54, 1.807) is 7.05 Å². The lowest BCUT2D eigenvalue weighted by Gasteiger charge is -2.13. The molecule has 1 rings (SSSR count). The summed E-state index contributed by atoms with van der Waals surface area (Å²) in [5, 5.41) is 6.68. The average molecular weight is 291 g/mol. The van der Waals surface area contributed by atoms with Crippen LogP contribution in [0, 0.1) is 0 Å². The molecule has 0 bridgehead atoms. The highest BCUT2D eigenvalue weighted by Crippen LogP contribution is 2.08. The lowest BCUT2D eigenvalue weighted by molar-refractivity contribution is 0.824. The fourth-order valence-corrected chi connectivity index (χ4v) is 2.46. The van der Waals surface area contributed by atoms with E-state index in [2.05, 4.69) is 53.4 Å². The van der Waals surface area contributed by atoms with Crippen molar-refractivity contribution in [1.82, 2.24) is 10.6 Å². The Morgan fingerprint density at radius 3 is 2.70 bits per heavy atom. The minimum absolute atomic E-state index is 0.809. The van der Waals surface area contributed by atoms with Crippen molar-refractivity contribution in [2.75, 3.05) is 25.1 Å². The van der Waals surface area contributed by atoms with Crippen molar-refractivity contribution in [3.05, 3.63) is 48.0 Å². The average Bonchev–Trinajstić information content (AvgIpc) is 2.50. The molecule has 2 N–H and O–H groups in total. The summed E-state index contributed by atoms with van der Waals surface area (Å²) in [6, 6.07) is 8.52. The SMILES string of the molecule is C=CCSCCNC(=NC)NCc1ccccc1CC. The van der Waals surface area contributed by atoms with E-state index in [-0.39, 0.29) is 0 Å². The van der Waals surface area contributed by atoms with Gasteiger partial charge in [0.15, 0.2) is 5.96 Å². The fraction of sp³-hybridized carbons (Fsp3) is 0.438. The zero-order chi connectivity index (χ0) is 14.6. The minimum atomic E-state index is 0.809. The normalized spacial score (nSPS) is 11.2. The van der Waals surface area contributed by atoms with E-state index in [9.17, 15) is 0 Å². The standard InChI is InChI=1S/C16H25N3S/c1-4-11-20-12-10-18-16(17-3)19-13-15-9-7-6-8-14(15)5-2/h4,6-9H,1,5,10-13H2,2-3H3,(H2,17,18,19). The van der Waals surface area contributed by atoms with Crippen molar-refractivity contribution in [3.63, 3.8) is 0 Å². The van der Waals surface area contributed by atoms with Crippen LogP contribution in [0.25, 0.3) is 0 Å². The van der Waals surface area contributed by atoms with Gasteiger partial charge in [-0.15, -0.1) is 6.58 Å². The zero-order valence-corrected chi connectivity index (χ0v) is 13.3. The third kappa shape index (κ3) is 6.15. The Bertz CT molecular complexity index is 429. The van der Waals surface area contributed by atoms with Gasteiger partial charge in [0.1, 0.15) is 0 Å². The second-order valence-electron chi connectivity index (χ2n) is 4.34. The quantitative estimate of drug-likeness (QED) is 0.335. The Kier molecular flexibility index (Phi) is 8.63. The van der Waals surface area contributed by atoms with Crippen molar-refractivity contribution in [1.29, 1.82) is 0 Å². The first kappa shape index (κ1) is 16.6. The van der Waals surface area contributed by atoms with Crippen molar-refractivity contribution in [2.45, 2.75) is 19.9 Å². The number of aryl methyl sites for hydroxylation is 1. The molecule has 0 aliphatic rings. The number of guanidine groups is 1. The molecule has 3 nitrogen and oxygen atoms in total. The van der Waals surface area contributed by atoms with Crippen molar-refractivity contribution >= 4 is 17.7 Å². The molecule has 1 aromatic carbocycles. The van der Waals surface area contributed by atoms with Crippen LogP contribution < -0.4 is 10.6 Å². The Hall–Kier alpha value is -1.42. The molecule has 110 valence electrons. The molecule has 0 unspecified atom stereocenters. The highest BCUT2D eigenvalue weighted by molar-refractivity contribution is 7.99. The van der Waals surface area contributed by atoms with Crippen molar-refractivity contribution in [3.8, 4) is 0 Å². The predicted octanol–water partition coefficient (Wildman–Crippen LogP) is 2.83. The van der Waals surface area contributed by atoms with Gasteiger partial charge >= 0.3 is 0 Å². The Morgan fingerprint density at radius 2 is 2.05 bits per heavy atom. The van der Waals surface area contributed by atoms with Crippen LogP contribution in [0.4, 0.5) is 0 Å². The molecule has 0 saturated heterocycles. The van der Waals surface area contributed by atoms with E-state index >= 15 is 0 Å². The Labute approximate surface area is 127 Å². The number of benzene rings is 1. The largest absolute Gasteiger partial charge is 0.356 e. The molecule has 0 amide bonds. The molecular formula is C16H25N3S. The molecule has 0 aliphatic heterocycles. The molecule has 0 radical (unpaired) electrons. The third-order valence-corrected chi connectivity index (χ3v) is 3.91. The summed E-state index contributed by atoms with van der Waals surface area (Å²) < 4.78 is 0. The van der Waals surface area contributed by atoms with Gasteiger partial charge in [0, 0.05) is 31.6 Å². The van der Waals surface area contributed by atoms with Crippen LogP contribution in [0.1, 0.15) is 18.1 Å². The molecular weight excluding hydrogens is 266 g/mol. The summed E-state index contributed by atoms with van der Waals surface area (Å²) in [6.07, 6.45) is 2.99. The van der Waals surface area contributed by atoms with Crippen LogP contribution in [0.15, 0.2) is 41.9 Å². The highest BCUT2D eigenvalue weighted by Gasteiger charge is 2.01. The molecule has 0 atom stereocenters. The van der Waals surface area contributed by atoms with Gasteiger partial charge in [-0.1, -0.05) is 37.3 Å². The number of aliphatic imine (C=N–C) groups is 1. The lowest BCUT2D eigenvalue weighted by atomic mass is 10.1. The van der Waals surface area contributed by atoms with Crippen LogP contribution >= 0.6 is 11.8 Å². The topological polar surface area (TPSA) is 36.4 Å². The molecule has 0 spiro atoms. The van der Waals surface area contributed by atoms with Gasteiger partial charge in [-0.05, 0) is 17.5 Å². The van der Waals surface area contributed by atoms with E-state index in [4.69, 9.17) is 0 Å². The van der Waals surface area contributed by atoms with Gasteiger partial charge in [0.05, 0.1) is 0 Å². The molecule has 0 saturated carbocycles. The minimum Gasteiger partial charge on any atom is -0.356 e. The number of thioether (sulfide) groups is 1. The first-order chi connectivity index (χ1) is 9.81. The molecule has 0 aromatic heterocycles. The smallest absolute Gasteiger partial charge is 0.191 e. The predicted molar refractivity (Wildman–Crippen MR) is 91.5 cm³/mol. The van der Waals surface area contributed by atoms with E-state index in [1.807, 2.05) is 17.8 Å². The summed E-state index contributed by atoms with van der Waals surface area (Å²) in [7, 11) is 1.80. The van der Waals surface area contributed by atoms with Gasteiger partial charge in [0.2, 0.25) is 0 Å². The van der Waals surface area contributed by atoms with E-state index in [0.717, 1.165) is 37.0 Å². The molecule has 0 heterocycles. The maximum atomic E-state index is 4.24. The van der Waals surface area contributed by atoms with E-state index in [0.29, 0.717) is 0 Å². The summed E-state index contributed by atoms with van der Waals surface area (Å²) >= 11 is 1.86. The monoisotopic (exact) mass is 291 g/mol. The molecule has 0 aliphatic carbocycles. The van der Waals surface area contributed by atoms with Gasteiger partial charge in [0.25, 0.3) is 0 Å². The van der Waals surface area contributed by atoms with Crippen LogP contribution in [-0.2, 0) is 13.0 Å². The third-order valence-electron chi connectivity index (χ3n) is 2.94. The van der Waals surface area contributed by atoms with E-state index in [1.165, 1.54) is 11.1 Å². The number of rotatable bonds is 8. The maximum Gasteiger partial charge on any atom is 0.191 e. The zero-order valence-electron chi connectivity index (χ0n) is 12.5. The summed E-state index contributed by atoms with van der Waals surface area (Å²) in [6.45, 7) is 7.61. The maximum absolute atomic E-state index is 4.24. The Balaban J connectivity index is 2.36. The molecule has 20 heavy (non-hydrogen) atoms. The van der Waals surface area contributed by atoms with Crippen LogP contribution in [0.3, 0.4) is 0 Å². The second-order valence-corrected chi connectivity index (χ2v) is 5.49. The van der Waals surface area contributed by atoms with Gasteiger partial charge < -0.3 is 10.6 Å². The van der Waals surface area contributed by atoms with Gasteiger partial charge in [-0.25, -0.2) is 0 Å². The lowest BCUT2D eigenvalue weighted by Crippen LogP contribution is -2.38. The number of nitrogens with one attached hydrogen (secondary N) is 2. The van der Waals surface area contributed by atoms with Crippen LogP contribution in [0.5, 0.6) is 0 Å². The number of hydrogen-bond donors (Lipinski definition) is 2. The van der Waals surface area contributed by atoms with Gasteiger partial charge in [-0.3, -0.25) is 4.99 Å². The first-order valence-corrected chi connectivity index (χ1v) is 8.17. The van der Waals surface area contributed by atoms with Crippen LogP contribution in [0.2, 0.25) is 0 Å². The molecule has 4 heteroatoms. The number of hydrogen-bond acceptors (Lipinski definition) is 2. The van der Waals surface area contributed by atoms with Crippen molar-refractivity contribution in [2.24, 2.45) is 4.99 Å². The molecule has 1 aromatic rings. The highest BCUT2D eigenvalue weighted by atomic mass is 32.2. The molecule has 0 fully saturated rings.